The van der Waals surface area contributed by atoms with E-state index >= 15 is 0 Å². The zero-order valence-corrected chi connectivity index (χ0v) is 16.7. The lowest BCUT2D eigenvalue weighted by Crippen LogP contribution is -2.30. The zero-order valence-electron chi connectivity index (χ0n) is 15.2. The maximum atomic E-state index is 12.8. The molecule has 0 unspecified atom stereocenters. The van der Waals surface area contributed by atoms with Gasteiger partial charge >= 0.3 is 12.2 Å². The quantitative estimate of drug-likeness (QED) is 0.334. The number of amides is 2. The number of hydrogen-bond acceptors (Lipinski definition) is 2. The number of nitrogens with zero attached hydrogens (tertiary/aromatic N) is 2. The van der Waals surface area contributed by atoms with E-state index in [2.05, 4.69) is 10.4 Å². The van der Waals surface area contributed by atoms with Crippen molar-refractivity contribution in [1.29, 1.82) is 0 Å². The summed E-state index contributed by atoms with van der Waals surface area (Å²) in [5.74, 6) is 0. The van der Waals surface area contributed by atoms with Crippen LogP contribution in [0.3, 0.4) is 0 Å². The highest BCUT2D eigenvalue weighted by Crippen LogP contribution is 2.30. The van der Waals surface area contributed by atoms with Gasteiger partial charge in [-0.3, -0.25) is 0 Å². The van der Waals surface area contributed by atoms with Gasteiger partial charge in [0, 0.05) is 15.7 Å². The van der Waals surface area contributed by atoms with Gasteiger partial charge in [-0.15, -0.1) is 0 Å². The first-order valence-corrected chi connectivity index (χ1v) is 9.31. The summed E-state index contributed by atoms with van der Waals surface area (Å²) in [6.45, 7) is 0. The monoisotopic (exact) mass is 451 g/mol. The van der Waals surface area contributed by atoms with E-state index in [0.717, 1.165) is 17.1 Å². The van der Waals surface area contributed by atoms with Crippen LogP contribution in [0.4, 0.5) is 29.3 Å². The molecule has 0 radical (unpaired) electrons. The molecule has 3 aromatic carbocycles. The van der Waals surface area contributed by atoms with Gasteiger partial charge in [0.25, 0.3) is 0 Å². The molecule has 0 bridgehead atoms. The molecule has 4 nitrogen and oxygen atoms in total. The van der Waals surface area contributed by atoms with Crippen molar-refractivity contribution in [2.75, 3.05) is 10.3 Å². The van der Waals surface area contributed by atoms with Gasteiger partial charge in [0.2, 0.25) is 0 Å². The van der Waals surface area contributed by atoms with Crippen LogP contribution in [-0.4, -0.2) is 12.2 Å². The van der Waals surface area contributed by atoms with Crippen LogP contribution >= 0.6 is 23.2 Å². The van der Waals surface area contributed by atoms with Gasteiger partial charge in [0.1, 0.15) is 0 Å². The number of alkyl halides is 3. The molecule has 0 atom stereocenters. The van der Waals surface area contributed by atoms with Crippen molar-refractivity contribution in [1.82, 2.24) is 0 Å². The summed E-state index contributed by atoms with van der Waals surface area (Å²) in [5.41, 5.74) is 0.485. The maximum Gasteiger partial charge on any atom is 0.416 e. The number of anilines is 2. The van der Waals surface area contributed by atoms with Gasteiger partial charge in [-0.25, -0.2) is 4.79 Å². The highest BCUT2D eigenvalue weighted by molar-refractivity contribution is 6.31. The molecule has 2 amide bonds. The summed E-state index contributed by atoms with van der Waals surface area (Å²) in [6, 6.07) is 16.6. The molecule has 154 valence electrons. The second-order valence-electron chi connectivity index (χ2n) is 6.09. The van der Waals surface area contributed by atoms with Crippen LogP contribution < -0.4 is 10.3 Å². The fraction of sp³-hybridized carbons (Fsp3) is 0.0476. The second-order valence-corrected chi connectivity index (χ2v) is 6.96. The maximum absolute atomic E-state index is 12.8. The van der Waals surface area contributed by atoms with Crippen LogP contribution in [0.25, 0.3) is 0 Å². The van der Waals surface area contributed by atoms with Crippen LogP contribution in [0.1, 0.15) is 11.1 Å². The van der Waals surface area contributed by atoms with E-state index in [9.17, 15) is 18.0 Å². The standard InChI is InChI=1S/C21H14Cl2F3N3O/c22-16-5-1-14(2-6-16)13-27-29(19-11-7-17(23)8-12-19)20(30)28-18-9-3-15(4-10-18)21(24,25)26/h1-13H,(H,28,30)/b27-13+. The summed E-state index contributed by atoms with van der Waals surface area (Å²) >= 11 is 11.8. The van der Waals surface area contributed by atoms with Gasteiger partial charge < -0.3 is 5.32 Å². The molecule has 0 aliphatic rings. The third kappa shape index (κ3) is 5.75. The Hall–Kier alpha value is -3.03. The molecule has 0 saturated heterocycles. The van der Waals surface area contributed by atoms with Crippen molar-refractivity contribution in [3.63, 3.8) is 0 Å². The van der Waals surface area contributed by atoms with E-state index < -0.39 is 17.8 Å². The molecular weight excluding hydrogens is 438 g/mol. The van der Waals surface area contributed by atoms with E-state index in [1.54, 1.807) is 48.5 Å². The number of hydrazone groups is 1. The van der Waals surface area contributed by atoms with Crippen molar-refractivity contribution < 1.29 is 18.0 Å². The lowest BCUT2D eigenvalue weighted by molar-refractivity contribution is -0.137. The third-order valence-corrected chi connectivity index (χ3v) is 4.42. The number of rotatable bonds is 4. The van der Waals surface area contributed by atoms with Crippen molar-refractivity contribution in [2.24, 2.45) is 5.10 Å². The number of hydrogen-bond donors (Lipinski definition) is 1. The first-order valence-electron chi connectivity index (χ1n) is 8.56. The molecule has 3 aromatic rings. The SMILES string of the molecule is O=C(Nc1ccc(C(F)(F)F)cc1)N(/N=C/c1ccc(Cl)cc1)c1ccc(Cl)cc1. The predicted molar refractivity (Wildman–Crippen MR) is 113 cm³/mol. The van der Waals surface area contributed by atoms with Crippen molar-refractivity contribution >= 4 is 46.8 Å². The number of carbonyl (C=O) groups is 1. The molecule has 9 heteroatoms. The lowest BCUT2D eigenvalue weighted by atomic mass is 10.2. The second kappa shape index (κ2) is 9.19. The largest absolute Gasteiger partial charge is 0.416 e. The summed E-state index contributed by atoms with van der Waals surface area (Å²) in [6.07, 6.45) is -3.00. The molecule has 0 heterocycles. The van der Waals surface area contributed by atoms with E-state index in [4.69, 9.17) is 23.2 Å². The summed E-state index contributed by atoms with van der Waals surface area (Å²) in [5, 5.41) is 8.84. The molecule has 0 aromatic heterocycles. The average molecular weight is 452 g/mol. The summed E-state index contributed by atoms with van der Waals surface area (Å²) in [7, 11) is 0. The molecule has 30 heavy (non-hydrogen) atoms. The number of carbonyl (C=O) groups excluding carboxylic acids is 1. The first-order chi connectivity index (χ1) is 14.2. The predicted octanol–water partition coefficient (Wildman–Crippen LogP) is 7.08. The normalized spacial score (nSPS) is 11.5. The minimum atomic E-state index is -4.46. The highest BCUT2D eigenvalue weighted by atomic mass is 35.5. The Labute approximate surface area is 180 Å². The van der Waals surface area contributed by atoms with Gasteiger partial charge in [0.05, 0.1) is 17.5 Å². The molecule has 0 saturated carbocycles. The number of halogens is 5. The van der Waals surface area contributed by atoms with Crippen molar-refractivity contribution in [2.45, 2.75) is 6.18 Å². The van der Waals surface area contributed by atoms with E-state index in [0.29, 0.717) is 21.3 Å². The van der Waals surface area contributed by atoms with Gasteiger partial charge in [0.15, 0.2) is 0 Å². The fourth-order valence-corrected chi connectivity index (χ4v) is 2.66. The smallest absolute Gasteiger partial charge is 0.306 e. The number of benzene rings is 3. The topological polar surface area (TPSA) is 44.7 Å². The molecule has 0 fully saturated rings. The van der Waals surface area contributed by atoms with Gasteiger partial charge in [-0.2, -0.15) is 23.3 Å². The molecular formula is C21H14Cl2F3N3O. The van der Waals surface area contributed by atoms with Crippen molar-refractivity contribution in [3.8, 4) is 0 Å². The van der Waals surface area contributed by atoms with Crippen molar-refractivity contribution in [3.05, 3.63) is 94.0 Å². The Morgan fingerprint density at radius 2 is 1.40 bits per heavy atom. The minimum Gasteiger partial charge on any atom is -0.306 e. The fourth-order valence-electron chi connectivity index (χ4n) is 2.41. The third-order valence-electron chi connectivity index (χ3n) is 3.92. The Balaban J connectivity index is 1.84. The van der Waals surface area contributed by atoms with Crippen LogP contribution in [-0.2, 0) is 6.18 Å². The Kier molecular flexibility index (Phi) is 6.64. The van der Waals surface area contributed by atoms with Gasteiger partial charge in [-0.05, 0) is 66.2 Å². The summed E-state index contributed by atoms with van der Waals surface area (Å²) in [4.78, 5) is 12.8. The Bertz CT molecular complexity index is 1040. The van der Waals surface area contributed by atoms with Crippen LogP contribution in [0.15, 0.2) is 77.9 Å². The average Bonchev–Trinajstić information content (AvgIpc) is 2.70. The van der Waals surface area contributed by atoms with E-state index in [1.165, 1.54) is 18.3 Å². The highest BCUT2D eigenvalue weighted by Gasteiger charge is 2.30. The van der Waals surface area contributed by atoms with Crippen LogP contribution in [0.2, 0.25) is 10.0 Å². The Morgan fingerprint density at radius 3 is 1.93 bits per heavy atom. The Morgan fingerprint density at radius 1 is 0.867 bits per heavy atom. The zero-order chi connectivity index (χ0) is 21.7. The molecule has 0 aliphatic heterocycles. The number of urea groups is 1. The molecule has 3 rings (SSSR count). The lowest BCUT2D eigenvalue weighted by Gasteiger charge is -2.18. The molecule has 0 aliphatic carbocycles. The van der Waals surface area contributed by atoms with Crippen LogP contribution in [0, 0.1) is 0 Å². The molecule has 1 N–H and O–H groups in total. The van der Waals surface area contributed by atoms with E-state index in [-0.39, 0.29) is 5.69 Å². The van der Waals surface area contributed by atoms with Gasteiger partial charge in [-0.1, -0.05) is 35.3 Å². The molecule has 0 spiro atoms. The first kappa shape index (κ1) is 21.7. The van der Waals surface area contributed by atoms with Crippen LogP contribution in [0.5, 0.6) is 0 Å². The summed E-state index contributed by atoms with van der Waals surface area (Å²) < 4.78 is 38.2. The minimum absolute atomic E-state index is 0.189. The number of nitrogens with one attached hydrogen (secondary N) is 1. The van der Waals surface area contributed by atoms with E-state index in [1.807, 2.05) is 0 Å².